The van der Waals surface area contributed by atoms with Gasteiger partial charge in [0.1, 0.15) is 0 Å². The molecule has 1 amide bonds. The molecule has 0 spiro atoms. The Bertz CT molecular complexity index is 746. The molecule has 0 bridgehead atoms. The second-order valence-electron chi connectivity index (χ2n) is 6.88. The number of hydrogen-bond acceptors (Lipinski definition) is 3. The highest BCUT2D eigenvalue weighted by Crippen LogP contribution is 2.36. The molecule has 4 nitrogen and oxygen atoms in total. The molecule has 0 radical (unpaired) electrons. The first-order chi connectivity index (χ1) is 12.3. The Balaban J connectivity index is 1.66. The Morgan fingerprint density at radius 2 is 1.84 bits per heavy atom. The predicted molar refractivity (Wildman–Crippen MR) is 102 cm³/mol. The van der Waals surface area contributed by atoms with Gasteiger partial charge in [0.2, 0.25) is 5.91 Å². The topological polar surface area (TPSA) is 35.6 Å². The normalized spacial score (nSPS) is 22.1. The van der Waals surface area contributed by atoms with Crippen LogP contribution in [0.2, 0.25) is 0 Å². The van der Waals surface area contributed by atoms with Gasteiger partial charge < -0.3 is 15.1 Å². The van der Waals surface area contributed by atoms with Gasteiger partial charge in [-0.1, -0.05) is 36.4 Å². The van der Waals surface area contributed by atoms with E-state index in [-0.39, 0.29) is 17.9 Å². The van der Waals surface area contributed by atoms with Crippen molar-refractivity contribution in [2.24, 2.45) is 5.92 Å². The molecule has 1 saturated heterocycles. The molecule has 4 heteroatoms. The van der Waals surface area contributed by atoms with Crippen LogP contribution >= 0.6 is 0 Å². The number of benzene rings is 2. The van der Waals surface area contributed by atoms with Crippen molar-refractivity contribution < 1.29 is 4.79 Å². The summed E-state index contributed by atoms with van der Waals surface area (Å²) in [4.78, 5) is 17.6. The predicted octanol–water partition coefficient (Wildman–Crippen LogP) is 2.69. The zero-order valence-corrected chi connectivity index (χ0v) is 14.7. The fourth-order valence-corrected chi connectivity index (χ4v) is 4.24. The third kappa shape index (κ3) is 2.97. The summed E-state index contributed by atoms with van der Waals surface area (Å²) in [5.41, 5.74) is 3.85. The third-order valence-electron chi connectivity index (χ3n) is 5.43. The van der Waals surface area contributed by atoms with Crippen LogP contribution in [-0.4, -0.2) is 38.1 Å². The van der Waals surface area contributed by atoms with Crippen molar-refractivity contribution in [2.45, 2.75) is 19.4 Å². The standard InChI is InChI=1S/C21H25N3O/c1-2-22-21(25)18-14-16-8-6-7-11-19(16)24-13-12-23(15-20(18)24)17-9-4-3-5-10-17/h3-11,18,20H,2,12-15H2,1H3,(H,22,25)/t18-,20-/m0/s1. The second-order valence-corrected chi connectivity index (χ2v) is 6.88. The molecule has 2 heterocycles. The van der Waals surface area contributed by atoms with Crippen molar-refractivity contribution in [2.75, 3.05) is 36.0 Å². The van der Waals surface area contributed by atoms with Crippen LogP contribution in [-0.2, 0) is 11.2 Å². The van der Waals surface area contributed by atoms with Gasteiger partial charge in [0.15, 0.2) is 0 Å². The van der Waals surface area contributed by atoms with Crippen molar-refractivity contribution in [1.29, 1.82) is 0 Å². The van der Waals surface area contributed by atoms with Crippen LogP contribution in [0.15, 0.2) is 54.6 Å². The molecule has 2 aromatic rings. The van der Waals surface area contributed by atoms with Crippen LogP contribution in [0, 0.1) is 5.92 Å². The van der Waals surface area contributed by atoms with E-state index in [0.29, 0.717) is 6.54 Å². The summed E-state index contributed by atoms with van der Waals surface area (Å²) in [5, 5.41) is 3.05. The van der Waals surface area contributed by atoms with Crippen LogP contribution in [0.5, 0.6) is 0 Å². The zero-order valence-electron chi connectivity index (χ0n) is 14.7. The maximum atomic E-state index is 12.7. The number of para-hydroxylation sites is 2. The SMILES string of the molecule is CCNC(=O)[C@H]1Cc2ccccc2N2CCN(c3ccccc3)C[C@@H]12. The molecule has 0 saturated carbocycles. The first-order valence-electron chi connectivity index (χ1n) is 9.20. The molecule has 4 rings (SSSR count). The lowest BCUT2D eigenvalue weighted by atomic mass is 9.83. The fraction of sp³-hybridized carbons (Fsp3) is 0.381. The number of piperazine rings is 1. The van der Waals surface area contributed by atoms with Gasteiger partial charge in [0, 0.05) is 37.6 Å². The Kier molecular flexibility index (Phi) is 4.35. The minimum atomic E-state index is 0.00126. The molecule has 2 aliphatic heterocycles. The van der Waals surface area contributed by atoms with Gasteiger partial charge in [-0.05, 0) is 37.1 Å². The summed E-state index contributed by atoms with van der Waals surface area (Å²) < 4.78 is 0. The Morgan fingerprint density at radius 1 is 1.08 bits per heavy atom. The number of carbonyl (C=O) groups is 1. The van der Waals surface area contributed by atoms with Crippen molar-refractivity contribution in [3.63, 3.8) is 0 Å². The lowest BCUT2D eigenvalue weighted by Crippen LogP contribution is -2.61. The molecule has 25 heavy (non-hydrogen) atoms. The highest BCUT2D eigenvalue weighted by molar-refractivity contribution is 5.82. The van der Waals surface area contributed by atoms with Gasteiger partial charge in [0.05, 0.1) is 12.0 Å². The number of rotatable bonds is 3. The third-order valence-corrected chi connectivity index (χ3v) is 5.43. The minimum Gasteiger partial charge on any atom is -0.368 e. The molecule has 0 aromatic heterocycles. The highest BCUT2D eigenvalue weighted by Gasteiger charge is 2.41. The monoisotopic (exact) mass is 335 g/mol. The first-order valence-corrected chi connectivity index (χ1v) is 9.20. The molecule has 1 fully saturated rings. The van der Waals surface area contributed by atoms with Crippen molar-refractivity contribution in [1.82, 2.24) is 5.32 Å². The van der Waals surface area contributed by atoms with E-state index in [9.17, 15) is 4.79 Å². The summed E-state index contributed by atoms with van der Waals surface area (Å²) in [6.07, 6.45) is 0.825. The first kappa shape index (κ1) is 16.0. The number of nitrogens with one attached hydrogen (secondary N) is 1. The van der Waals surface area contributed by atoms with Crippen LogP contribution in [0.3, 0.4) is 0 Å². The quantitative estimate of drug-likeness (QED) is 0.937. The van der Waals surface area contributed by atoms with Gasteiger partial charge in [-0.15, -0.1) is 0 Å². The van der Waals surface area contributed by atoms with Gasteiger partial charge in [0.25, 0.3) is 0 Å². The second kappa shape index (κ2) is 6.79. The zero-order chi connectivity index (χ0) is 17.2. The largest absolute Gasteiger partial charge is 0.368 e. The number of carbonyl (C=O) groups excluding carboxylic acids is 1. The molecule has 1 N–H and O–H groups in total. The lowest BCUT2D eigenvalue weighted by molar-refractivity contribution is -0.125. The van der Waals surface area contributed by atoms with Crippen LogP contribution in [0.1, 0.15) is 12.5 Å². The van der Waals surface area contributed by atoms with Gasteiger partial charge in [-0.25, -0.2) is 0 Å². The van der Waals surface area contributed by atoms with E-state index >= 15 is 0 Å². The fourth-order valence-electron chi connectivity index (χ4n) is 4.24. The molecule has 2 aliphatic rings. The van der Waals surface area contributed by atoms with Gasteiger partial charge >= 0.3 is 0 Å². The minimum absolute atomic E-state index is 0.00126. The van der Waals surface area contributed by atoms with Gasteiger partial charge in [-0.2, -0.15) is 0 Å². The van der Waals surface area contributed by atoms with E-state index in [1.165, 1.54) is 16.9 Å². The lowest BCUT2D eigenvalue weighted by Gasteiger charge is -2.49. The van der Waals surface area contributed by atoms with Crippen molar-refractivity contribution >= 4 is 17.3 Å². The average Bonchev–Trinajstić information content (AvgIpc) is 2.67. The van der Waals surface area contributed by atoms with Crippen LogP contribution in [0.25, 0.3) is 0 Å². The van der Waals surface area contributed by atoms with Crippen LogP contribution in [0.4, 0.5) is 11.4 Å². The number of hydrogen-bond donors (Lipinski definition) is 1. The maximum absolute atomic E-state index is 12.7. The number of anilines is 2. The summed E-state index contributed by atoms with van der Waals surface area (Å²) in [5.74, 6) is 0.184. The molecule has 2 atom stereocenters. The Hall–Kier alpha value is -2.49. The molecule has 2 aromatic carbocycles. The molecular formula is C21H25N3O. The maximum Gasteiger partial charge on any atom is 0.225 e. The summed E-state index contributed by atoms with van der Waals surface area (Å²) >= 11 is 0. The smallest absolute Gasteiger partial charge is 0.225 e. The number of fused-ring (bicyclic) bond motifs is 3. The van der Waals surface area contributed by atoms with Crippen LogP contribution < -0.4 is 15.1 Å². The molecule has 0 aliphatic carbocycles. The van der Waals surface area contributed by atoms with Gasteiger partial charge in [-0.3, -0.25) is 4.79 Å². The van der Waals surface area contributed by atoms with E-state index in [1.807, 2.05) is 13.0 Å². The summed E-state index contributed by atoms with van der Waals surface area (Å²) in [6.45, 7) is 5.50. The average molecular weight is 335 g/mol. The molecule has 130 valence electrons. The Morgan fingerprint density at radius 3 is 2.64 bits per heavy atom. The molecule has 0 unspecified atom stereocenters. The van der Waals surface area contributed by atoms with Crippen molar-refractivity contribution in [3.05, 3.63) is 60.2 Å². The van der Waals surface area contributed by atoms with Crippen molar-refractivity contribution in [3.8, 4) is 0 Å². The molecular weight excluding hydrogens is 310 g/mol. The van der Waals surface area contributed by atoms with E-state index in [1.54, 1.807) is 0 Å². The number of amides is 1. The van der Waals surface area contributed by atoms with E-state index < -0.39 is 0 Å². The number of nitrogens with zero attached hydrogens (tertiary/aromatic N) is 2. The van der Waals surface area contributed by atoms with E-state index in [0.717, 1.165) is 26.1 Å². The summed E-state index contributed by atoms with van der Waals surface area (Å²) in [7, 11) is 0. The summed E-state index contributed by atoms with van der Waals surface area (Å²) in [6, 6.07) is 19.3. The van der Waals surface area contributed by atoms with E-state index in [2.05, 4.69) is 63.6 Å². The highest BCUT2D eigenvalue weighted by atomic mass is 16.1. The Labute approximate surface area is 149 Å². The van der Waals surface area contributed by atoms with E-state index in [4.69, 9.17) is 0 Å².